The van der Waals surface area contributed by atoms with Crippen LogP contribution in [0.3, 0.4) is 0 Å². The molecule has 26 heavy (non-hydrogen) atoms. The number of thioether (sulfide) groups is 1. The number of sulfonamides is 1. The third-order valence-electron chi connectivity index (χ3n) is 5.20. The zero-order valence-corrected chi connectivity index (χ0v) is 17.9. The van der Waals surface area contributed by atoms with Gasteiger partial charge in [0.15, 0.2) is 0 Å². The fourth-order valence-corrected chi connectivity index (χ4v) is 6.74. The van der Waals surface area contributed by atoms with Crippen molar-refractivity contribution in [1.82, 2.24) is 9.62 Å². The lowest BCUT2D eigenvalue weighted by Crippen LogP contribution is -2.60. The number of nitrogens with one attached hydrogen (secondary N) is 1. The van der Waals surface area contributed by atoms with Crippen LogP contribution < -0.4 is 4.72 Å². The van der Waals surface area contributed by atoms with Crippen LogP contribution >= 0.6 is 35.0 Å². The van der Waals surface area contributed by atoms with Crippen molar-refractivity contribution in [2.45, 2.75) is 30.2 Å². The molecule has 3 rings (SSSR count). The number of hydrogen-bond acceptors (Lipinski definition) is 5. The van der Waals surface area contributed by atoms with Gasteiger partial charge in [-0.1, -0.05) is 23.2 Å². The molecular formula is C17H24Cl2N2O3S2. The van der Waals surface area contributed by atoms with E-state index < -0.39 is 10.0 Å². The zero-order valence-electron chi connectivity index (χ0n) is 14.8. The van der Waals surface area contributed by atoms with Gasteiger partial charge >= 0.3 is 0 Å². The minimum Gasteiger partial charge on any atom is -0.379 e. The van der Waals surface area contributed by atoms with Gasteiger partial charge in [-0.05, 0) is 49.0 Å². The lowest BCUT2D eigenvalue weighted by atomic mass is 9.89. The van der Waals surface area contributed by atoms with Crippen LogP contribution in [0, 0.1) is 6.92 Å². The largest absolute Gasteiger partial charge is 0.379 e. The Morgan fingerprint density at radius 3 is 2.50 bits per heavy atom. The average Bonchev–Trinajstić information content (AvgIpc) is 2.64. The molecule has 2 aliphatic heterocycles. The summed E-state index contributed by atoms with van der Waals surface area (Å²) in [6, 6.07) is 3.02. The summed E-state index contributed by atoms with van der Waals surface area (Å²) in [5.74, 6) is 2.08. The normalized spacial score (nSPS) is 21.7. The summed E-state index contributed by atoms with van der Waals surface area (Å²) in [5, 5.41) is 0.607. The van der Waals surface area contributed by atoms with E-state index in [4.69, 9.17) is 27.9 Å². The Morgan fingerprint density at radius 1 is 1.19 bits per heavy atom. The molecule has 2 fully saturated rings. The lowest BCUT2D eigenvalue weighted by Gasteiger charge is -2.48. The summed E-state index contributed by atoms with van der Waals surface area (Å²) in [6.45, 7) is 5.23. The van der Waals surface area contributed by atoms with Gasteiger partial charge in [0.1, 0.15) is 4.90 Å². The Kier molecular flexibility index (Phi) is 6.81. The SMILES string of the molecule is Cc1cc(S(=O)(=O)NCC2(N3CCOCC3)CCSCC2)c(Cl)cc1Cl. The van der Waals surface area contributed by atoms with E-state index in [0.717, 1.165) is 37.4 Å². The highest BCUT2D eigenvalue weighted by Gasteiger charge is 2.40. The Morgan fingerprint density at radius 2 is 1.85 bits per heavy atom. The second-order valence-corrected chi connectivity index (χ2v) is 10.6. The van der Waals surface area contributed by atoms with E-state index in [0.29, 0.717) is 30.3 Å². The second-order valence-electron chi connectivity index (χ2n) is 6.79. The molecular weight excluding hydrogens is 415 g/mol. The van der Waals surface area contributed by atoms with Gasteiger partial charge in [-0.15, -0.1) is 0 Å². The molecule has 0 atom stereocenters. The van der Waals surface area contributed by atoms with Crippen LogP contribution in [0.25, 0.3) is 0 Å². The zero-order chi connectivity index (χ0) is 18.8. The molecule has 0 saturated carbocycles. The Bertz CT molecular complexity index is 747. The van der Waals surface area contributed by atoms with Gasteiger partial charge in [0, 0.05) is 30.2 Å². The minimum atomic E-state index is -3.71. The number of halogens is 2. The van der Waals surface area contributed by atoms with Gasteiger partial charge in [0.25, 0.3) is 0 Å². The molecule has 2 aliphatic rings. The lowest BCUT2D eigenvalue weighted by molar-refractivity contribution is -0.0242. The Labute approximate surface area is 169 Å². The number of nitrogens with zero attached hydrogens (tertiary/aromatic N) is 1. The molecule has 2 saturated heterocycles. The second kappa shape index (κ2) is 8.55. The fraction of sp³-hybridized carbons (Fsp3) is 0.647. The molecule has 0 radical (unpaired) electrons. The van der Waals surface area contributed by atoms with Gasteiger partial charge in [-0.25, -0.2) is 13.1 Å². The van der Waals surface area contributed by atoms with Crippen molar-refractivity contribution in [1.29, 1.82) is 0 Å². The molecule has 146 valence electrons. The molecule has 1 N–H and O–H groups in total. The molecule has 0 spiro atoms. The van der Waals surface area contributed by atoms with E-state index in [1.165, 1.54) is 12.1 Å². The standard InChI is InChI=1S/C17H24Cl2N2O3S2/c1-13-10-16(15(19)11-14(13)18)26(22,23)20-12-17(2-8-25-9-3-17)21-4-6-24-7-5-21/h10-11,20H,2-9,12H2,1H3. The number of benzene rings is 1. The van der Waals surface area contributed by atoms with E-state index in [-0.39, 0.29) is 15.5 Å². The van der Waals surface area contributed by atoms with Crippen molar-refractivity contribution in [3.63, 3.8) is 0 Å². The van der Waals surface area contributed by atoms with E-state index in [1.807, 2.05) is 11.8 Å². The first-order chi connectivity index (χ1) is 12.3. The molecule has 5 nitrogen and oxygen atoms in total. The van der Waals surface area contributed by atoms with Crippen LogP contribution in [0.15, 0.2) is 17.0 Å². The van der Waals surface area contributed by atoms with E-state index in [2.05, 4.69) is 9.62 Å². The average molecular weight is 439 g/mol. The first kappa shape index (κ1) is 20.7. The van der Waals surface area contributed by atoms with Crippen molar-refractivity contribution in [2.24, 2.45) is 0 Å². The number of ether oxygens (including phenoxy) is 1. The highest BCUT2D eigenvalue weighted by Crippen LogP contribution is 2.34. The summed E-state index contributed by atoms with van der Waals surface area (Å²) < 4.78 is 34.1. The van der Waals surface area contributed by atoms with Crippen LogP contribution in [-0.2, 0) is 14.8 Å². The maximum Gasteiger partial charge on any atom is 0.242 e. The Hall–Kier alpha value is -0.0200. The van der Waals surface area contributed by atoms with E-state index in [9.17, 15) is 8.42 Å². The Balaban J connectivity index is 1.81. The molecule has 0 aromatic heterocycles. The molecule has 0 aliphatic carbocycles. The van der Waals surface area contributed by atoms with Gasteiger partial charge in [-0.2, -0.15) is 11.8 Å². The first-order valence-electron chi connectivity index (χ1n) is 8.70. The van der Waals surface area contributed by atoms with Gasteiger partial charge < -0.3 is 4.74 Å². The first-order valence-corrected chi connectivity index (χ1v) is 12.1. The van der Waals surface area contributed by atoms with Crippen molar-refractivity contribution < 1.29 is 13.2 Å². The number of hydrogen-bond donors (Lipinski definition) is 1. The van der Waals surface area contributed by atoms with Crippen LogP contribution in [0.5, 0.6) is 0 Å². The summed E-state index contributed by atoms with van der Waals surface area (Å²) in [4.78, 5) is 2.48. The van der Waals surface area contributed by atoms with Crippen molar-refractivity contribution in [3.05, 3.63) is 27.7 Å². The van der Waals surface area contributed by atoms with Crippen LogP contribution in [-0.4, -0.2) is 63.2 Å². The van der Waals surface area contributed by atoms with Crippen molar-refractivity contribution in [3.8, 4) is 0 Å². The molecule has 2 heterocycles. The third-order valence-corrected chi connectivity index (χ3v) is 8.46. The number of rotatable bonds is 5. The molecule has 1 aromatic carbocycles. The van der Waals surface area contributed by atoms with Gasteiger partial charge in [-0.3, -0.25) is 4.90 Å². The molecule has 0 unspecified atom stereocenters. The van der Waals surface area contributed by atoms with Gasteiger partial charge in [0.2, 0.25) is 10.0 Å². The minimum absolute atomic E-state index is 0.0865. The van der Waals surface area contributed by atoms with Crippen LogP contribution in [0.2, 0.25) is 10.0 Å². The topological polar surface area (TPSA) is 58.6 Å². The number of morpholine rings is 1. The smallest absolute Gasteiger partial charge is 0.242 e. The maximum atomic E-state index is 12.9. The van der Waals surface area contributed by atoms with Crippen molar-refractivity contribution in [2.75, 3.05) is 44.4 Å². The third kappa shape index (κ3) is 4.51. The molecule has 9 heteroatoms. The molecule has 0 amide bonds. The summed E-state index contributed by atoms with van der Waals surface area (Å²) in [7, 11) is -3.71. The fourth-order valence-electron chi connectivity index (χ4n) is 3.54. The van der Waals surface area contributed by atoms with E-state index in [1.54, 1.807) is 6.92 Å². The van der Waals surface area contributed by atoms with Crippen LogP contribution in [0.4, 0.5) is 0 Å². The van der Waals surface area contributed by atoms with Crippen molar-refractivity contribution >= 4 is 45.0 Å². The van der Waals surface area contributed by atoms with Crippen LogP contribution in [0.1, 0.15) is 18.4 Å². The quantitative estimate of drug-likeness (QED) is 0.764. The molecule has 0 bridgehead atoms. The predicted molar refractivity (Wildman–Crippen MR) is 108 cm³/mol. The van der Waals surface area contributed by atoms with E-state index >= 15 is 0 Å². The molecule has 1 aromatic rings. The van der Waals surface area contributed by atoms with Gasteiger partial charge in [0.05, 0.1) is 18.2 Å². The maximum absolute atomic E-state index is 12.9. The summed E-state index contributed by atoms with van der Waals surface area (Å²) >= 11 is 14.1. The highest BCUT2D eigenvalue weighted by molar-refractivity contribution is 7.99. The monoisotopic (exact) mass is 438 g/mol. The highest BCUT2D eigenvalue weighted by atomic mass is 35.5. The number of aryl methyl sites for hydroxylation is 1. The summed E-state index contributed by atoms with van der Waals surface area (Å²) in [6.07, 6.45) is 1.93. The predicted octanol–water partition coefficient (Wildman–Crippen LogP) is 3.18. The summed E-state index contributed by atoms with van der Waals surface area (Å²) in [5.41, 5.74) is 0.532.